The molecule has 15 heavy (non-hydrogen) atoms. The first kappa shape index (κ1) is 10.2. The predicted molar refractivity (Wildman–Crippen MR) is 60.8 cm³/mol. The van der Waals surface area contributed by atoms with E-state index in [-0.39, 0.29) is 11.4 Å². The molecule has 0 N–H and O–H groups in total. The molecule has 1 aromatic rings. The summed E-state index contributed by atoms with van der Waals surface area (Å²) >= 11 is 0. The second kappa shape index (κ2) is 3.09. The standard InChI is InChI=1S/C13H17NO/c1-9-5-6-10-8-14(13(2,3)4)12(15)11(10)7-9/h5-7H,8H2,1-4H3. The highest BCUT2D eigenvalue weighted by Gasteiger charge is 2.34. The Morgan fingerprint density at radius 3 is 2.53 bits per heavy atom. The maximum atomic E-state index is 12.1. The first-order chi connectivity index (χ1) is 6.89. The number of fused-ring (bicyclic) bond motifs is 1. The van der Waals surface area contributed by atoms with Crippen molar-refractivity contribution in [2.45, 2.75) is 39.8 Å². The van der Waals surface area contributed by atoms with Crippen molar-refractivity contribution < 1.29 is 4.79 Å². The van der Waals surface area contributed by atoms with E-state index in [9.17, 15) is 4.79 Å². The second-order valence-corrected chi connectivity index (χ2v) is 5.22. The largest absolute Gasteiger partial charge is 0.329 e. The normalized spacial score (nSPS) is 15.7. The molecule has 0 saturated heterocycles. The molecule has 1 amide bonds. The zero-order chi connectivity index (χ0) is 11.2. The van der Waals surface area contributed by atoms with Gasteiger partial charge in [-0.1, -0.05) is 17.7 Å². The van der Waals surface area contributed by atoms with E-state index in [2.05, 4.69) is 32.9 Å². The van der Waals surface area contributed by atoms with Crippen molar-refractivity contribution in [3.63, 3.8) is 0 Å². The van der Waals surface area contributed by atoms with Gasteiger partial charge >= 0.3 is 0 Å². The highest BCUT2D eigenvalue weighted by atomic mass is 16.2. The van der Waals surface area contributed by atoms with Gasteiger partial charge in [0.05, 0.1) is 0 Å². The average Bonchev–Trinajstić information content (AvgIpc) is 2.43. The maximum Gasteiger partial charge on any atom is 0.254 e. The summed E-state index contributed by atoms with van der Waals surface area (Å²) in [6.07, 6.45) is 0. The Bertz CT molecular complexity index is 415. The Labute approximate surface area is 90.9 Å². The van der Waals surface area contributed by atoms with Crippen molar-refractivity contribution in [1.29, 1.82) is 0 Å². The topological polar surface area (TPSA) is 20.3 Å². The van der Waals surface area contributed by atoms with Crippen molar-refractivity contribution in [3.8, 4) is 0 Å². The van der Waals surface area contributed by atoms with Gasteiger partial charge in [0.2, 0.25) is 0 Å². The third-order valence-electron chi connectivity index (χ3n) is 2.88. The zero-order valence-electron chi connectivity index (χ0n) is 9.79. The van der Waals surface area contributed by atoms with Crippen molar-refractivity contribution in [1.82, 2.24) is 4.90 Å². The number of aryl methyl sites for hydroxylation is 1. The summed E-state index contributed by atoms with van der Waals surface area (Å²) in [6, 6.07) is 6.12. The molecule has 1 aromatic carbocycles. The minimum Gasteiger partial charge on any atom is -0.329 e. The van der Waals surface area contributed by atoms with Crippen LogP contribution in [-0.4, -0.2) is 16.3 Å². The van der Waals surface area contributed by atoms with E-state index in [0.29, 0.717) is 0 Å². The fraction of sp³-hybridized carbons (Fsp3) is 0.462. The predicted octanol–water partition coefficient (Wildman–Crippen LogP) is 2.75. The average molecular weight is 203 g/mol. The third kappa shape index (κ3) is 1.65. The minimum atomic E-state index is -0.0932. The molecule has 1 aliphatic heterocycles. The van der Waals surface area contributed by atoms with Gasteiger partial charge < -0.3 is 4.90 Å². The van der Waals surface area contributed by atoms with Gasteiger partial charge in [-0.15, -0.1) is 0 Å². The molecule has 0 spiro atoms. The zero-order valence-corrected chi connectivity index (χ0v) is 9.79. The lowest BCUT2D eigenvalue weighted by Gasteiger charge is -2.31. The van der Waals surface area contributed by atoms with Crippen molar-refractivity contribution in [3.05, 3.63) is 34.9 Å². The number of hydrogen-bond donors (Lipinski definition) is 0. The number of amides is 1. The van der Waals surface area contributed by atoms with Crippen LogP contribution in [0.1, 0.15) is 42.3 Å². The number of rotatable bonds is 0. The van der Waals surface area contributed by atoms with Gasteiger partial charge in [0.1, 0.15) is 0 Å². The first-order valence-electron chi connectivity index (χ1n) is 5.31. The van der Waals surface area contributed by atoms with Crippen LogP contribution >= 0.6 is 0 Å². The molecule has 1 aliphatic rings. The van der Waals surface area contributed by atoms with Crippen LogP contribution in [0.15, 0.2) is 18.2 Å². The van der Waals surface area contributed by atoms with E-state index in [1.807, 2.05) is 17.9 Å². The number of benzene rings is 1. The first-order valence-corrected chi connectivity index (χ1v) is 5.31. The fourth-order valence-corrected chi connectivity index (χ4v) is 1.96. The Morgan fingerprint density at radius 2 is 1.93 bits per heavy atom. The van der Waals surface area contributed by atoms with E-state index in [0.717, 1.165) is 23.2 Å². The molecule has 0 fully saturated rings. The molecule has 80 valence electrons. The summed E-state index contributed by atoms with van der Waals surface area (Å²) in [5.74, 6) is 0.168. The van der Waals surface area contributed by atoms with Gasteiger partial charge in [-0.2, -0.15) is 0 Å². The molecule has 0 unspecified atom stereocenters. The lowest BCUT2D eigenvalue weighted by atomic mass is 10.1. The van der Waals surface area contributed by atoms with Gasteiger partial charge in [0, 0.05) is 17.6 Å². The van der Waals surface area contributed by atoms with E-state index in [1.54, 1.807) is 0 Å². The Kier molecular flexibility index (Phi) is 2.10. The lowest BCUT2D eigenvalue weighted by molar-refractivity contribution is 0.0609. The van der Waals surface area contributed by atoms with Gasteiger partial charge in [0.25, 0.3) is 5.91 Å². The van der Waals surface area contributed by atoms with E-state index in [4.69, 9.17) is 0 Å². The number of carbonyl (C=O) groups excluding carboxylic acids is 1. The van der Waals surface area contributed by atoms with Gasteiger partial charge in [-0.25, -0.2) is 0 Å². The smallest absolute Gasteiger partial charge is 0.254 e. The van der Waals surface area contributed by atoms with Crippen LogP contribution in [0.5, 0.6) is 0 Å². The van der Waals surface area contributed by atoms with Crippen LogP contribution in [0.25, 0.3) is 0 Å². The van der Waals surface area contributed by atoms with Crippen LogP contribution in [-0.2, 0) is 6.54 Å². The second-order valence-electron chi connectivity index (χ2n) is 5.22. The molecule has 0 aromatic heterocycles. The number of hydrogen-bond acceptors (Lipinski definition) is 1. The van der Waals surface area contributed by atoms with E-state index < -0.39 is 0 Å². The summed E-state index contributed by atoms with van der Waals surface area (Å²) in [4.78, 5) is 14.0. The molecule has 2 heteroatoms. The van der Waals surface area contributed by atoms with Crippen LogP contribution < -0.4 is 0 Å². The summed E-state index contributed by atoms with van der Waals surface area (Å²) in [5, 5.41) is 0. The molecule has 2 rings (SSSR count). The van der Waals surface area contributed by atoms with Crippen molar-refractivity contribution >= 4 is 5.91 Å². The fourth-order valence-electron chi connectivity index (χ4n) is 1.96. The van der Waals surface area contributed by atoms with Gasteiger partial charge in [-0.05, 0) is 39.3 Å². The molecule has 0 bridgehead atoms. The number of carbonyl (C=O) groups is 1. The third-order valence-corrected chi connectivity index (χ3v) is 2.88. The highest BCUT2D eigenvalue weighted by Crippen LogP contribution is 2.29. The number of nitrogens with zero attached hydrogens (tertiary/aromatic N) is 1. The maximum absolute atomic E-state index is 12.1. The Hall–Kier alpha value is -1.31. The minimum absolute atomic E-state index is 0.0932. The molecule has 0 saturated carbocycles. The molecule has 0 atom stereocenters. The quantitative estimate of drug-likeness (QED) is 0.635. The Balaban J connectivity index is 2.42. The summed E-state index contributed by atoms with van der Waals surface area (Å²) in [6.45, 7) is 8.99. The highest BCUT2D eigenvalue weighted by molar-refractivity contribution is 5.98. The summed E-state index contributed by atoms with van der Waals surface area (Å²) in [7, 11) is 0. The summed E-state index contributed by atoms with van der Waals surface area (Å²) in [5.41, 5.74) is 3.09. The van der Waals surface area contributed by atoms with Crippen LogP contribution in [0, 0.1) is 6.92 Å². The van der Waals surface area contributed by atoms with Gasteiger partial charge in [-0.3, -0.25) is 4.79 Å². The van der Waals surface area contributed by atoms with Crippen molar-refractivity contribution in [2.75, 3.05) is 0 Å². The van der Waals surface area contributed by atoms with Crippen LogP contribution in [0.2, 0.25) is 0 Å². The van der Waals surface area contributed by atoms with Crippen molar-refractivity contribution in [2.24, 2.45) is 0 Å². The van der Waals surface area contributed by atoms with E-state index >= 15 is 0 Å². The van der Waals surface area contributed by atoms with Crippen LogP contribution in [0.3, 0.4) is 0 Å². The van der Waals surface area contributed by atoms with E-state index in [1.165, 1.54) is 0 Å². The van der Waals surface area contributed by atoms with Gasteiger partial charge in [0.15, 0.2) is 0 Å². The summed E-state index contributed by atoms with van der Waals surface area (Å²) < 4.78 is 0. The molecular weight excluding hydrogens is 186 g/mol. The molecule has 0 aliphatic carbocycles. The Morgan fingerprint density at radius 1 is 1.27 bits per heavy atom. The lowest BCUT2D eigenvalue weighted by Crippen LogP contribution is -2.41. The molecule has 0 radical (unpaired) electrons. The monoisotopic (exact) mass is 203 g/mol. The SMILES string of the molecule is Cc1ccc2c(c1)C(=O)N(C(C)(C)C)C2. The molecule has 2 nitrogen and oxygen atoms in total. The molecule has 1 heterocycles. The molecular formula is C13H17NO. The van der Waals surface area contributed by atoms with Crippen LogP contribution in [0.4, 0.5) is 0 Å².